The van der Waals surface area contributed by atoms with Crippen molar-refractivity contribution in [2.24, 2.45) is 0 Å². The second-order valence-electron chi connectivity index (χ2n) is 7.81. The van der Waals surface area contributed by atoms with Crippen LogP contribution in [0.2, 0.25) is 0 Å². The number of nitro benzene ring substituents is 1. The van der Waals surface area contributed by atoms with Crippen molar-refractivity contribution in [2.75, 3.05) is 31.3 Å². The van der Waals surface area contributed by atoms with Crippen LogP contribution in [0.25, 0.3) is 0 Å². The van der Waals surface area contributed by atoms with E-state index in [1.54, 1.807) is 7.11 Å². The fourth-order valence-corrected chi connectivity index (χ4v) is 4.60. The van der Waals surface area contributed by atoms with Crippen LogP contribution in [0.15, 0.2) is 36.4 Å². The second kappa shape index (κ2) is 11.7. The molecule has 1 N–H and O–H groups in total. The Hall–Kier alpha value is -3.34. The molecule has 11 heteroatoms. The van der Waals surface area contributed by atoms with Crippen molar-refractivity contribution >= 4 is 27.3 Å². The number of rotatable bonds is 12. The van der Waals surface area contributed by atoms with Crippen LogP contribution in [0, 0.1) is 17.0 Å². The number of carbonyl (C=O) groups is 1. The van der Waals surface area contributed by atoms with Crippen LogP contribution in [-0.2, 0) is 14.8 Å². The van der Waals surface area contributed by atoms with Crippen LogP contribution in [-0.4, -0.2) is 46.3 Å². The molecule has 1 atom stereocenters. The first-order chi connectivity index (χ1) is 16.0. The zero-order valence-electron chi connectivity index (χ0n) is 20.0. The summed E-state index contributed by atoms with van der Waals surface area (Å²) in [7, 11) is -0.833. The molecule has 0 heterocycles. The summed E-state index contributed by atoms with van der Waals surface area (Å²) >= 11 is 0. The van der Waals surface area contributed by atoms with E-state index < -0.39 is 14.9 Å². The predicted molar refractivity (Wildman–Crippen MR) is 130 cm³/mol. The van der Waals surface area contributed by atoms with Gasteiger partial charge in [0.2, 0.25) is 15.9 Å². The van der Waals surface area contributed by atoms with Gasteiger partial charge in [-0.2, -0.15) is 0 Å². The van der Waals surface area contributed by atoms with E-state index in [9.17, 15) is 23.3 Å². The second-order valence-corrected chi connectivity index (χ2v) is 9.72. The van der Waals surface area contributed by atoms with Crippen LogP contribution in [0.1, 0.15) is 43.4 Å². The molecular weight excluding hydrogens is 462 g/mol. The third kappa shape index (κ3) is 6.83. The van der Waals surface area contributed by atoms with Gasteiger partial charge in [-0.1, -0.05) is 19.1 Å². The normalized spacial score (nSPS) is 12.0. The van der Waals surface area contributed by atoms with E-state index in [2.05, 4.69) is 5.32 Å². The summed E-state index contributed by atoms with van der Waals surface area (Å²) in [5.74, 6) is 0.726. The molecule has 0 aromatic heterocycles. The van der Waals surface area contributed by atoms with Crippen LogP contribution in [0.4, 0.5) is 11.4 Å². The summed E-state index contributed by atoms with van der Waals surface area (Å²) < 4.78 is 36.4. The number of non-ortho nitro benzene ring substituents is 1. The van der Waals surface area contributed by atoms with Gasteiger partial charge in [0.1, 0.15) is 17.2 Å². The van der Waals surface area contributed by atoms with Gasteiger partial charge in [-0.15, -0.1) is 0 Å². The average Bonchev–Trinajstić information content (AvgIpc) is 2.79. The molecule has 2 aromatic rings. The highest BCUT2D eigenvalue weighted by Crippen LogP contribution is 2.34. The number of anilines is 1. The Morgan fingerprint density at radius 3 is 2.32 bits per heavy atom. The number of sulfonamides is 1. The van der Waals surface area contributed by atoms with E-state index in [4.69, 9.17) is 9.47 Å². The van der Waals surface area contributed by atoms with Gasteiger partial charge in [0, 0.05) is 25.1 Å². The van der Waals surface area contributed by atoms with Crippen molar-refractivity contribution in [3.63, 3.8) is 0 Å². The van der Waals surface area contributed by atoms with Gasteiger partial charge < -0.3 is 14.8 Å². The maximum atomic E-state index is 12.6. The van der Waals surface area contributed by atoms with Crippen molar-refractivity contribution in [3.8, 4) is 11.5 Å². The smallest absolute Gasteiger partial charge is 0.271 e. The van der Waals surface area contributed by atoms with Gasteiger partial charge in [0.25, 0.3) is 5.69 Å². The lowest BCUT2D eigenvalue weighted by Gasteiger charge is -2.24. The summed E-state index contributed by atoms with van der Waals surface area (Å²) in [5, 5.41) is 14.2. The molecule has 0 saturated heterocycles. The largest absolute Gasteiger partial charge is 0.496 e. The maximum absolute atomic E-state index is 12.6. The molecule has 2 aromatic carbocycles. The first-order valence-electron chi connectivity index (χ1n) is 10.8. The molecule has 10 nitrogen and oxygen atoms in total. The van der Waals surface area contributed by atoms with E-state index in [1.165, 1.54) is 19.2 Å². The number of carbonyl (C=O) groups excluding carboxylic acids is 1. The average molecular weight is 494 g/mol. The number of nitrogens with one attached hydrogen (secondary N) is 1. The minimum Gasteiger partial charge on any atom is -0.496 e. The van der Waals surface area contributed by atoms with Crippen molar-refractivity contribution < 1.29 is 27.6 Å². The number of nitrogens with zero attached hydrogens (tertiary/aromatic N) is 2. The number of aryl methyl sites for hydroxylation is 1. The molecule has 0 radical (unpaired) electrons. The number of amides is 1. The molecule has 0 unspecified atom stereocenters. The van der Waals surface area contributed by atoms with Gasteiger partial charge in [0.15, 0.2) is 0 Å². The molecule has 34 heavy (non-hydrogen) atoms. The zero-order valence-corrected chi connectivity index (χ0v) is 20.8. The Morgan fingerprint density at radius 1 is 1.15 bits per heavy atom. The Bertz CT molecular complexity index is 1140. The topological polar surface area (TPSA) is 128 Å². The molecule has 186 valence electrons. The molecule has 0 spiro atoms. The number of benzene rings is 2. The van der Waals surface area contributed by atoms with E-state index >= 15 is 0 Å². The summed E-state index contributed by atoms with van der Waals surface area (Å²) in [4.78, 5) is 23.2. The molecule has 1 amide bonds. The van der Waals surface area contributed by atoms with Gasteiger partial charge in [-0.3, -0.25) is 19.2 Å². The van der Waals surface area contributed by atoms with Crippen molar-refractivity contribution in [2.45, 2.75) is 39.2 Å². The molecular formula is C23H31N3O7S. The van der Waals surface area contributed by atoms with E-state index in [0.29, 0.717) is 6.42 Å². The highest BCUT2D eigenvalue weighted by atomic mass is 32.2. The molecule has 0 aliphatic heterocycles. The monoisotopic (exact) mass is 493 g/mol. The minimum absolute atomic E-state index is 0.0395. The van der Waals surface area contributed by atoms with Crippen LogP contribution in [0.3, 0.4) is 0 Å². The lowest BCUT2D eigenvalue weighted by Crippen LogP contribution is -2.33. The summed E-state index contributed by atoms with van der Waals surface area (Å²) in [5.41, 5.74) is 1.71. The fourth-order valence-electron chi connectivity index (χ4n) is 3.64. The number of ether oxygens (including phenoxy) is 2. The predicted octanol–water partition coefficient (Wildman–Crippen LogP) is 3.73. The molecule has 0 saturated carbocycles. The van der Waals surface area contributed by atoms with Crippen LogP contribution in [0.5, 0.6) is 11.5 Å². The molecule has 0 bridgehead atoms. The number of methoxy groups -OCH3 is 2. The third-order valence-corrected chi connectivity index (χ3v) is 6.55. The quantitative estimate of drug-likeness (QED) is 0.352. The van der Waals surface area contributed by atoms with Gasteiger partial charge >= 0.3 is 0 Å². The van der Waals surface area contributed by atoms with E-state index in [-0.39, 0.29) is 48.5 Å². The fraction of sp³-hybridized carbons (Fsp3) is 0.435. The van der Waals surface area contributed by atoms with Crippen molar-refractivity contribution in [3.05, 3.63) is 57.6 Å². The highest BCUT2D eigenvalue weighted by Gasteiger charge is 2.24. The summed E-state index contributed by atoms with van der Waals surface area (Å²) in [6.07, 6.45) is 1.97. The van der Waals surface area contributed by atoms with E-state index in [0.717, 1.165) is 33.5 Å². The van der Waals surface area contributed by atoms with Crippen molar-refractivity contribution in [1.82, 2.24) is 5.32 Å². The van der Waals surface area contributed by atoms with Crippen molar-refractivity contribution in [1.29, 1.82) is 0 Å². The lowest BCUT2D eigenvalue weighted by molar-refractivity contribution is -0.384. The number of nitro groups is 1. The standard InChI is InChI=1S/C23H31N3O7S/c1-6-19(17-9-11-21(32-3)16(2)14-17)24-23(27)8-7-13-25(34(5,30)31)20-15-18(26(28)29)10-12-22(20)33-4/h9-12,14-15,19H,6-8,13H2,1-5H3,(H,24,27)/t19-/m0/s1. The number of hydrogen-bond donors (Lipinski definition) is 1. The van der Waals surface area contributed by atoms with Crippen LogP contribution < -0.4 is 19.1 Å². The first-order valence-corrected chi connectivity index (χ1v) is 12.6. The zero-order chi connectivity index (χ0) is 25.5. The summed E-state index contributed by atoms with van der Waals surface area (Å²) in [6, 6.07) is 9.27. The maximum Gasteiger partial charge on any atom is 0.271 e. The molecule has 0 fully saturated rings. The van der Waals surface area contributed by atoms with Gasteiger partial charge in [0.05, 0.1) is 31.4 Å². The Balaban J connectivity index is 2.11. The number of hydrogen-bond acceptors (Lipinski definition) is 7. The SMILES string of the molecule is CC[C@H](NC(=O)CCCN(c1cc([N+](=O)[O-])ccc1OC)S(C)(=O)=O)c1ccc(OC)c(C)c1. The first kappa shape index (κ1) is 26.9. The third-order valence-electron chi connectivity index (χ3n) is 5.37. The van der Waals surface area contributed by atoms with Gasteiger partial charge in [-0.05, 0) is 43.0 Å². The minimum atomic E-state index is -3.79. The molecule has 0 aliphatic carbocycles. The van der Waals surface area contributed by atoms with E-state index in [1.807, 2.05) is 32.0 Å². The lowest BCUT2D eigenvalue weighted by atomic mass is 10.0. The highest BCUT2D eigenvalue weighted by molar-refractivity contribution is 7.92. The molecule has 2 rings (SSSR count). The molecule has 0 aliphatic rings. The Kier molecular flexibility index (Phi) is 9.25. The summed E-state index contributed by atoms with van der Waals surface area (Å²) in [6.45, 7) is 3.85. The van der Waals surface area contributed by atoms with Gasteiger partial charge in [-0.25, -0.2) is 8.42 Å². The van der Waals surface area contributed by atoms with Crippen LogP contribution >= 0.6 is 0 Å². The Labute approximate surface area is 200 Å². The Morgan fingerprint density at radius 2 is 1.79 bits per heavy atom.